The van der Waals surface area contributed by atoms with Crippen molar-refractivity contribution < 1.29 is 19.1 Å². The Bertz CT molecular complexity index is 505. The lowest BCUT2D eigenvalue weighted by molar-refractivity contribution is -0.155. The van der Waals surface area contributed by atoms with Gasteiger partial charge in [0.05, 0.1) is 36.8 Å². The van der Waals surface area contributed by atoms with Crippen molar-refractivity contribution in [3.8, 4) is 0 Å². The predicted molar refractivity (Wildman–Crippen MR) is 92.5 cm³/mol. The zero-order valence-electron chi connectivity index (χ0n) is 15.3. The van der Waals surface area contributed by atoms with Gasteiger partial charge >= 0.3 is 5.97 Å². The minimum atomic E-state index is -0.790. The van der Waals surface area contributed by atoms with Crippen LogP contribution in [0, 0.1) is 5.92 Å². The van der Waals surface area contributed by atoms with Crippen molar-refractivity contribution in [1.82, 2.24) is 5.32 Å². The van der Waals surface area contributed by atoms with Gasteiger partial charge in [-0.1, -0.05) is 19.0 Å². The molecule has 3 N–H and O–H groups in total. The van der Waals surface area contributed by atoms with E-state index in [0.717, 1.165) is 12.8 Å². The van der Waals surface area contributed by atoms with E-state index >= 15 is 0 Å². The smallest absolute Gasteiger partial charge is 0.309 e. The molecule has 0 aliphatic heterocycles. The van der Waals surface area contributed by atoms with Gasteiger partial charge in [0.15, 0.2) is 0 Å². The SMILES string of the molecule is CCOC(=O)[C@@H]1C[C@H](N)[C@@H](NC(C)=O)[C@H](OC(CC)CC)[C@@H]1N=[N+]=[N-]. The highest BCUT2D eigenvalue weighted by atomic mass is 16.5. The quantitative estimate of drug-likeness (QED) is 0.295. The van der Waals surface area contributed by atoms with Crippen LogP contribution in [0.5, 0.6) is 0 Å². The van der Waals surface area contributed by atoms with E-state index in [0.29, 0.717) is 0 Å². The van der Waals surface area contributed by atoms with Gasteiger partial charge in [-0.25, -0.2) is 0 Å². The van der Waals surface area contributed by atoms with Crippen molar-refractivity contribution in [1.29, 1.82) is 0 Å². The summed E-state index contributed by atoms with van der Waals surface area (Å²) in [6.45, 7) is 7.29. The number of azide groups is 1. The van der Waals surface area contributed by atoms with E-state index in [1.165, 1.54) is 6.92 Å². The van der Waals surface area contributed by atoms with Gasteiger partial charge in [0.1, 0.15) is 0 Å². The van der Waals surface area contributed by atoms with Crippen molar-refractivity contribution in [2.24, 2.45) is 16.8 Å². The minimum absolute atomic E-state index is 0.0919. The number of hydrogen-bond donors (Lipinski definition) is 2. The van der Waals surface area contributed by atoms with Crippen molar-refractivity contribution in [3.63, 3.8) is 0 Å². The van der Waals surface area contributed by atoms with Crippen molar-refractivity contribution in [3.05, 3.63) is 10.4 Å². The van der Waals surface area contributed by atoms with E-state index in [-0.39, 0.29) is 25.0 Å². The number of nitrogens with zero attached hydrogens (tertiary/aromatic N) is 3. The molecule has 0 radical (unpaired) electrons. The van der Waals surface area contributed by atoms with Crippen molar-refractivity contribution >= 4 is 11.9 Å². The van der Waals surface area contributed by atoms with Crippen LogP contribution < -0.4 is 11.1 Å². The predicted octanol–water partition coefficient (Wildman–Crippen LogP) is 1.65. The first-order chi connectivity index (χ1) is 11.9. The highest BCUT2D eigenvalue weighted by Crippen LogP contribution is 2.32. The summed E-state index contributed by atoms with van der Waals surface area (Å²) < 4.78 is 11.2. The van der Waals surface area contributed by atoms with E-state index in [4.69, 9.17) is 20.7 Å². The van der Waals surface area contributed by atoms with Crippen LogP contribution >= 0.6 is 0 Å². The second-order valence-corrected chi connectivity index (χ2v) is 6.22. The summed E-state index contributed by atoms with van der Waals surface area (Å²) in [6.07, 6.45) is 0.967. The molecule has 0 saturated heterocycles. The molecule has 0 aromatic heterocycles. The van der Waals surface area contributed by atoms with Gasteiger partial charge in [-0.05, 0) is 31.7 Å². The Labute approximate surface area is 148 Å². The largest absolute Gasteiger partial charge is 0.466 e. The van der Waals surface area contributed by atoms with Gasteiger partial charge in [0.2, 0.25) is 5.91 Å². The number of hydrogen-bond acceptors (Lipinski definition) is 6. The summed E-state index contributed by atoms with van der Waals surface area (Å²) in [5.74, 6) is -1.42. The Morgan fingerprint density at radius 2 is 2.00 bits per heavy atom. The van der Waals surface area contributed by atoms with Gasteiger partial charge < -0.3 is 20.5 Å². The number of carbonyl (C=O) groups is 2. The molecule has 0 aromatic rings. The molecular formula is C16H29N5O4. The van der Waals surface area contributed by atoms with Crippen LogP contribution in [0.15, 0.2) is 5.11 Å². The lowest BCUT2D eigenvalue weighted by atomic mass is 9.76. The van der Waals surface area contributed by atoms with Crippen molar-refractivity contribution in [2.45, 2.75) is 77.3 Å². The van der Waals surface area contributed by atoms with Crippen LogP contribution in [0.2, 0.25) is 0 Å². The van der Waals surface area contributed by atoms with E-state index in [1.807, 2.05) is 13.8 Å². The molecule has 0 aromatic carbocycles. The molecule has 1 aliphatic rings. The first kappa shape index (κ1) is 21.2. The molecule has 0 unspecified atom stereocenters. The molecule has 1 amide bonds. The van der Waals surface area contributed by atoms with Crippen LogP contribution in [0.1, 0.15) is 47.0 Å². The summed E-state index contributed by atoms with van der Waals surface area (Å²) in [4.78, 5) is 26.8. The molecule has 142 valence electrons. The summed E-state index contributed by atoms with van der Waals surface area (Å²) in [5, 5.41) is 6.60. The fourth-order valence-electron chi connectivity index (χ4n) is 3.25. The third-order valence-electron chi connectivity index (χ3n) is 4.49. The molecule has 9 heteroatoms. The third kappa shape index (κ3) is 5.59. The Morgan fingerprint density at radius 3 is 2.48 bits per heavy atom. The maximum Gasteiger partial charge on any atom is 0.309 e. The molecule has 1 fully saturated rings. The van der Waals surface area contributed by atoms with Crippen molar-refractivity contribution in [2.75, 3.05) is 6.61 Å². The number of carbonyl (C=O) groups excluding carboxylic acids is 2. The average molecular weight is 355 g/mol. The second kappa shape index (κ2) is 10.2. The molecule has 0 heterocycles. The van der Waals surface area contributed by atoms with Gasteiger partial charge in [-0.2, -0.15) is 0 Å². The Kier molecular flexibility index (Phi) is 8.68. The number of nitrogens with one attached hydrogen (secondary N) is 1. The molecule has 5 atom stereocenters. The van der Waals surface area contributed by atoms with E-state index < -0.39 is 36.1 Å². The summed E-state index contributed by atoms with van der Waals surface area (Å²) in [5.41, 5.74) is 15.2. The minimum Gasteiger partial charge on any atom is -0.466 e. The number of amides is 1. The van der Waals surface area contributed by atoms with E-state index in [1.54, 1.807) is 6.92 Å². The zero-order chi connectivity index (χ0) is 19.0. The number of nitrogens with two attached hydrogens (primary N) is 1. The van der Waals surface area contributed by atoms with Gasteiger partial charge in [-0.3, -0.25) is 9.59 Å². The summed E-state index contributed by atoms with van der Waals surface area (Å²) >= 11 is 0. The Balaban J connectivity index is 3.22. The maximum atomic E-state index is 12.3. The standard InChI is InChI=1S/C16H29N5O4/c1-5-10(6-2)25-15-13(20-21-18)11(16(23)24-7-3)8-12(17)14(15)19-9(4)22/h10-15H,5-8,17H2,1-4H3,(H,19,22)/t11-,12+,13-,14-,15-/m1/s1. The number of esters is 1. The average Bonchev–Trinajstić information content (AvgIpc) is 2.57. The zero-order valence-corrected chi connectivity index (χ0v) is 15.3. The normalized spacial score (nSPS) is 29.0. The van der Waals surface area contributed by atoms with Gasteiger partial charge in [0, 0.05) is 17.9 Å². The van der Waals surface area contributed by atoms with E-state index in [2.05, 4.69) is 15.3 Å². The Hall–Kier alpha value is -1.83. The van der Waals surface area contributed by atoms with E-state index in [9.17, 15) is 9.59 Å². The highest BCUT2D eigenvalue weighted by Gasteiger charge is 2.48. The van der Waals surface area contributed by atoms with Crippen LogP contribution in [0.3, 0.4) is 0 Å². The summed E-state index contributed by atoms with van der Waals surface area (Å²) in [7, 11) is 0. The second-order valence-electron chi connectivity index (χ2n) is 6.22. The monoisotopic (exact) mass is 355 g/mol. The van der Waals surface area contributed by atoms with Crippen LogP contribution in [0.25, 0.3) is 10.4 Å². The summed E-state index contributed by atoms with van der Waals surface area (Å²) in [6, 6.07) is -1.84. The molecule has 25 heavy (non-hydrogen) atoms. The first-order valence-corrected chi connectivity index (χ1v) is 8.78. The lowest BCUT2D eigenvalue weighted by Crippen LogP contribution is -2.65. The fourth-order valence-corrected chi connectivity index (χ4v) is 3.25. The molecule has 0 spiro atoms. The maximum absolute atomic E-state index is 12.3. The molecule has 1 saturated carbocycles. The third-order valence-corrected chi connectivity index (χ3v) is 4.49. The highest BCUT2D eigenvalue weighted by molar-refractivity contribution is 5.75. The molecule has 1 aliphatic carbocycles. The molecule has 1 rings (SSSR count). The first-order valence-electron chi connectivity index (χ1n) is 8.78. The molecule has 9 nitrogen and oxygen atoms in total. The molecule has 0 bridgehead atoms. The number of ether oxygens (including phenoxy) is 2. The number of rotatable bonds is 8. The Morgan fingerprint density at radius 1 is 1.36 bits per heavy atom. The fraction of sp³-hybridized carbons (Fsp3) is 0.875. The molecular weight excluding hydrogens is 326 g/mol. The van der Waals surface area contributed by atoms with Crippen LogP contribution in [-0.4, -0.2) is 48.8 Å². The van der Waals surface area contributed by atoms with Crippen LogP contribution in [0.4, 0.5) is 0 Å². The van der Waals surface area contributed by atoms with Gasteiger partial charge in [-0.15, -0.1) is 0 Å². The lowest BCUT2D eigenvalue weighted by Gasteiger charge is -2.44. The van der Waals surface area contributed by atoms with Gasteiger partial charge in [0.25, 0.3) is 0 Å². The topological polar surface area (TPSA) is 139 Å². The van der Waals surface area contributed by atoms with Crippen LogP contribution in [-0.2, 0) is 19.1 Å².